The molecular weight excluding hydrogens is 207 g/mol. The van der Waals surface area contributed by atoms with Crippen molar-refractivity contribution in [1.82, 2.24) is 0 Å². The third-order valence-corrected chi connectivity index (χ3v) is 1.70. The SMILES string of the molecule is NC(=O)[C@H](CC(N)C(=O)O)OCCCF. The molecule has 0 aliphatic rings. The molecule has 0 saturated heterocycles. The summed E-state index contributed by atoms with van der Waals surface area (Å²) >= 11 is 0. The number of nitrogens with two attached hydrogens (primary N) is 2. The van der Waals surface area contributed by atoms with Gasteiger partial charge in [-0.1, -0.05) is 0 Å². The zero-order valence-electron chi connectivity index (χ0n) is 8.19. The largest absolute Gasteiger partial charge is 0.480 e. The van der Waals surface area contributed by atoms with Gasteiger partial charge in [0.05, 0.1) is 13.3 Å². The van der Waals surface area contributed by atoms with Gasteiger partial charge < -0.3 is 21.3 Å². The lowest BCUT2D eigenvalue weighted by Crippen LogP contribution is -2.40. The van der Waals surface area contributed by atoms with E-state index in [2.05, 4.69) is 0 Å². The highest BCUT2D eigenvalue weighted by molar-refractivity contribution is 5.80. The van der Waals surface area contributed by atoms with Crippen LogP contribution in [0.5, 0.6) is 0 Å². The van der Waals surface area contributed by atoms with Gasteiger partial charge >= 0.3 is 5.97 Å². The summed E-state index contributed by atoms with van der Waals surface area (Å²) < 4.78 is 16.6. The van der Waals surface area contributed by atoms with Gasteiger partial charge in [-0.15, -0.1) is 0 Å². The van der Waals surface area contributed by atoms with Crippen molar-refractivity contribution in [2.24, 2.45) is 11.5 Å². The van der Waals surface area contributed by atoms with Crippen LogP contribution in [0.1, 0.15) is 12.8 Å². The first-order chi connectivity index (χ1) is 6.99. The number of alkyl halides is 1. The van der Waals surface area contributed by atoms with E-state index in [1.54, 1.807) is 0 Å². The minimum absolute atomic E-state index is 0.0104. The van der Waals surface area contributed by atoms with Crippen LogP contribution in [0.3, 0.4) is 0 Å². The third-order valence-electron chi connectivity index (χ3n) is 1.70. The highest BCUT2D eigenvalue weighted by Gasteiger charge is 2.23. The molecule has 1 unspecified atom stereocenters. The molecule has 0 aromatic carbocycles. The molecule has 6 nitrogen and oxygen atoms in total. The van der Waals surface area contributed by atoms with Crippen molar-refractivity contribution in [1.29, 1.82) is 0 Å². The topological polar surface area (TPSA) is 116 Å². The molecule has 0 aromatic rings. The van der Waals surface area contributed by atoms with Crippen molar-refractivity contribution in [2.75, 3.05) is 13.3 Å². The van der Waals surface area contributed by atoms with E-state index < -0.39 is 30.7 Å². The molecule has 0 fully saturated rings. The van der Waals surface area contributed by atoms with E-state index >= 15 is 0 Å². The molecule has 0 aliphatic carbocycles. The molecule has 7 heteroatoms. The molecule has 2 atom stereocenters. The first kappa shape index (κ1) is 13.8. The monoisotopic (exact) mass is 222 g/mol. The first-order valence-electron chi connectivity index (χ1n) is 4.44. The van der Waals surface area contributed by atoms with Crippen LogP contribution < -0.4 is 11.5 Å². The van der Waals surface area contributed by atoms with Crippen molar-refractivity contribution in [3.63, 3.8) is 0 Å². The molecule has 0 saturated carbocycles. The first-order valence-corrected chi connectivity index (χ1v) is 4.44. The number of carbonyl (C=O) groups excluding carboxylic acids is 1. The Morgan fingerprint density at radius 3 is 2.47 bits per heavy atom. The molecular formula is C8H15FN2O4. The van der Waals surface area contributed by atoms with Gasteiger partial charge in [0.25, 0.3) is 0 Å². The highest BCUT2D eigenvalue weighted by atomic mass is 19.1. The minimum atomic E-state index is -1.24. The summed E-state index contributed by atoms with van der Waals surface area (Å²) in [6.45, 7) is -0.563. The van der Waals surface area contributed by atoms with Gasteiger partial charge in [-0.3, -0.25) is 14.0 Å². The van der Waals surface area contributed by atoms with Crippen molar-refractivity contribution in [2.45, 2.75) is 25.0 Å². The Balaban J connectivity index is 4.04. The molecule has 0 heterocycles. The number of hydrogen-bond donors (Lipinski definition) is 3. The van der Waals surface area contributed by atoms with Crippen LogP contribution in [0, 0.1) is 0 Å². The maximum atomic E-state index is 11.7. The van der Waals surface area contributed by atoms with Crippen molar-refractivity contribution in [3.8, 4) is 0 Å². The van der Waals surface area contributed by atoms with E-state index in [0.717, 1.165) is 0 Å². The lowest BCUT2D eigenvalue weighted by atomic mass is 10.1. The predicted octanol–water partition coefficient (Wildman–Crippen LogP) is -0.982. The second-order valence-electron chi connectivity index (χ2n) is 2.98. The van der Waals surface area contributed by atoms with Crippen LogP contribution in [0.2, 0.25) is 0 Å². The average Bonchev–Trinajstić information content (AvgIpc) is 2.15. The maximum absolute atomic E-state index is 11.7. The maximum Gasteiger partial charge on any atom is 0.320 e. The Kier molecular flexibility index (Phi) is 6.56. The number of primary amides is 1. The van der Waals surface area contributed by atoms with Gasteiger partial charge in [-0.05, 0) is 6.42 Å². The number of carbonyl (C=O) groups is 2. The number of hydrogen-bond acceptors (Lipinski definition) is 4. The van der Waals surface area contributed by atoms with Crippen molar-refractivity contribution < 1.29 is 23.8 Å². The fourth-order valence-corrected chi connectivity index (χ4v) is 0.878. The number of amides is 1. The van der Waals surface area contributed by atoms with E-state index in [0.29, 0.717) is 0 Å². The molecule has 0 rings (SSSR count). The Hall–Kier alpha value is -1.21. The third kappa shape index (κ3) is 5.97. The normalized spacial score (nSPS) is 14.5. The summed E-state index contributed by atoms with van der Waals surface area (Å²) in [5.74, 6) is -2.04. The number of carboxylic acid groups (broad SMARTS) is 1. The van der Waals surface area contributed by atoms with Crippen molar-refractivity contribution >= 4 is 11.9 Å². The molecule has 0 bridgehead atoms. The smallest absolute Gasteiger partial charge is 0.320 e. The summed E-state index contributed by atoms with van der Waals surface area (Å²) in [6.07, 6.45) is -1.16. The number of ether oxygens (including phenoxy) is 1. The van der Waals surface area contributed by atoms with Crippen LogP contribution in [0.4, 0.5) is 4.39 Å². The van der Waals surface area contributed by atoms with Gasteiger partial charge in [0.15, 0.2) is 0 Å². The zero-order chi connectivity index (χ0) is 11.8. The van der Waals surface area contributed by atoms with Crippen LogP contribution in [-0.4, -0.2) is 42.4 Å². The lowest BCUT2D eigenvalue weighted by molar-refractivity contribution is -0.140. The van der Waals surface area contributed by atoms with Crippen LogP contribution in [-0.2, 0) is 14.3 Å². The summed E-state index contributed by atoms with van der Waals surface area (Å²) in [5.41, 5.74) is 10.2. The minimum Gasteiger partial charge on any atom is -0.480 e. The van der Waals surface area contributed by atoms with Gasteiger partial charge in [0.2, 0.25) is 5.91 Å². The van der Waals surface area contributed by atoms with Crippen LogP contribution >= 0.6 is 0 Å². The Bertz CT molecular complexity index is 225. The van der Waals surface area contributed by atoms with E-state index in [1.807, 2.05) is 0 Å². The standard InChI is InChI=1S/C8H15FN2O4/c9-2-1-3-15-6(7(11)12)4-5(10)8(13)14/h5-6H,1-4,10H2,(H2,11,12)(H,13,14)/t5?,6-/m0/s1. The summed E-state index contributed by atoms with van der Waals surface area (Å²) in [6, 6.07) is -1.21. The number of aliphatic carboxylic acids is 1. The summed E-state index contributed by atoms with van der Waals surface area (Å²) in [5, 5.41) is 8.49. The van der Waals surface area contributed by atoms with Gasteiger partial charge in [0, 0.05) is 6.42 Å². The quantitative estimate of drug-likeness (QED) is 0.456. The predicted molar refractivity (Wildman–Crippen MR) is 49.8 cm³/mol. The molecule has 0 radical (unpaired) electrons. The molecule has 88 valence electrons. The summed E-state index contributed by atoms with van der Waals surface area (Å²) in [7, 11) is 0. The molecule has 15 heavy (non-hydrogen) atoms. The average molecular weight is 222 g/mol. The number of carboxylic acids is 1. The zero-order valence-corrected chi connectivity index (χ0v) is 8.19. The van der Waals surface area contributed by atoms with E-state index in [-0.39, 0.29) is 19.4 Å². The Labute approximate surface area is 86.4 Å². The second-order valence-corrected chi connectivity index (χ2v) is 2.98. The van der Waals surface area contributed by atoms with Crippen LogP contribution in [0.25, 0.3) is 0 Å². The van der Waals surface area contributed by atoms with E-state index in [4.69, 9.17) is 21.3 Å². The van der Waals surface area contributed by atoms with Crippen LogP contribution in [0.15, 0.2) is 0 Å². The molecule has 5 N–H and O–H groups in total. The molecule has 0 spiro atoms. The Morgan fingerprint density at radius 2 is 2.07 bits per heavy atom. The lowest BCUT2D eigenvalue weighted by Gasteiger charge is -2.16. The van der Waals surface area contributed by atoms with Gasteiger partial charge in [-0.25, -0.2) is 0 Å². The number of rotatable bonds is 8. The molecule has 1 amide bonds. The molecule has 0 aliphatic heterocycles. The summed E-state index contributed by atoms with van der Waals surface area (Å²) in [4.78, 5) is 21.2. The Morgan fingerprint density at radius 1 is 1.47 bits per heavy atom. The highest BCUT2D eigenvalue weighted by Crippen LogP contribution is 2.02. The van der Waals surface area contributed by atoms with E-state index in [9.17, 15) is 14.0 Å². The number of halogens is 1. The fourth-order valence-electron chi connectivity index (χ4n) is 0.878. The van der Waals surface area contributed by atoms with Crippen molar-refractivity contribution in [3.05, 3.63) is 0 Å². The second kappa shape index (κ2) is 7.13. The van der Waals surface area contributed by atoms with Gasteiger partial charge in [-0.2, -0.15) is 0 Å². The van der Waals surface area contributed by atoms with E-state index in [1.165, 1.54) is 0 Å². The fraction of sp³-hybridized carbons (Fsp3) is 0.750. The van der Waals surface area contributed by atoms with Gasteiger partial charge in [0.1, 0.15) is 12.1 Å². The molecule has 0 aromatic heterocycles.